The number of nitrogens with one attached hydrogen (secondary N) is 2. The fourth-order valence-electron chi connectivity index (χ4n) is 1.39. The van der Waals surface area contributed by atoms with Crippen LogP contribution < -0.4 is 10.9 Å². The SMILES string of the molecule is O=C(Nc1cc(Cl)c(O)c(Cl)c1)c1ccc(=O)[nH]c1. The fraction of sp³-hybridized carbons (Fsp3) is 0. The van der Waals surface area contributed by atoms with E-state index in [-0.39, 0.29) is 26.9 Å². The van der Waals surface area contributed by atoms with Gasteiger partial charge in [0.1, 0.15) is 0 Å². The number of hydrogen-bond donors (Lipinski definition) is 3. The van der Waals surface area contributed by atoms with Crippen LogP contribution in [0.15, 0.2) is 35.3 Å². The summed E-state index contributed by atoms with van der Waals surface area (Å²) in [5, 5.41) is 12.0. The highest BCUT2D eigenvalue weighted by Gasteiger charge is 2.10. The minimum atomic E-state index is -0.436. The molecule has 0 radical (unpaired) electrons. The maximum atomic E-state index is 11.9. The molecule has 0 saturated carbocycles. The van der Waals surface area contributed by atoms with Crippen molar-refractivity contribution in [1.29, 1.82) is 0 Å². The van der Waals surface area contributed by atoms with Crippen molar-refractivity contribution in [3.05, 3.63) is 56.4 Å². The molecule has 0 unspecified atom stereocenters. The van der Waals surface area contributed by atoms with E-state index in [1.165, 1.54) is 30.5 Å². The number of benzene rings is 1. The predicted octanol–water partition coefficient (Wildman–Crippen LogP) is 2.64. The second kappa shape index (κ2) is 5.34. The zero-order valence-electron chi connectivity index (χ0n) is 9.41. The molecule has 0 spiro atoms. The molecular formula is C12H8Cl2N2O3. The molecule has 3 N–H and O–H groups in total. The van der Waals surface area contributed by atoms with Crippen LogP contribution in [-0.4, -0.2) is 16.0 Å². The summed E-state index contributed by atoms with van der Waals surface area (Å²) in [6.45, 7) is 0. The molecule has 0 aliphatic carbocycles. The first-order valence-electron chi connectivity index (χ1n) is 5.15. The molecular weight excluding hydrogens is 291 g/mol. The van der Waals surface area contributed by atoms with Crippen LogP contribution >= 0.6 is 23.2 Å². The van der Waals surface area contributed by atoms with Crippen molar-refractivity contribution < 1.29 is 9.90 Å². The summed E-state index contributed by atoms with van der Waals surface area (Å²) in [6.07, 6.45) is 1.29. The zero-order valence-corrected chi connectivity index (χ0v) is 10.9. The standard InChI is InChI=1S/C12H8Cl2N2O3/c13-8-3-7(4-9(14)11(8)18)16-12(19)6-1-2-10(17)15-5-6/h1-5,18H,(H,15,17)(H,16,19). The lowest BCUT2D eigenvalue weighted by Crippen LogP contribution is -2.14. The van der Waals surface area contributed by atoms with Gasteiger partial charge in [0.15, 0.2) is 5.75 Å². The van der Waals surface area contributed by atoms with Gasteiger partial charge in [-0.2, -0.15) is 0 Å². The van der Waals surface area contributed by atoms with Crippen LogP contribution in [0.25, 0.3) is 0 Å². The normalized spacial score (nSPS) is 10.2. The molecule has 7 heteroatoms. The number of aromatic amines is 1. The molecule has 19 heavy (non-hydrogen) atoms. The lowest BCUT2D eigenvalue weighted by Gasteiger charge is -2.07. The van der Waals surface area contributed by atoms with E-state index in [2.05, 4.69) is 10.3 Å². The number of hydrogen-bond acceptors (Lipinski definition) is 3. The van der Waals surface area contributed by atoms with Crippen LogP contribution in [0.1, 0.15) is 10.4 Å². The van der Waals surface area contributed by atoms with Crippen LogP contribution in [0.4, 0.5) is 5.69 Å². The quantitative estimate of drug-likeness (QED) is 0.745. The van der Waals surface area contributed by atoms with E-state index in [0.717, 1.165) is 0 Å². The smallest absolute Gasteiger partial charge is 0.257 e. The van der Waals surface area contributed by atoms with E-state index in [1.807, 2.05) is 0 Å². The first-order valence-corrected chi connectivity index (χ1v) is 5.91. The van der Waals surface area contributed by atoms with E-state index < -0.39 is 5.91 Å². The molecule has 0 aliphatic rings. The third-order valence-corrected chi connectivity index (χ3v) is 2.90. The Morgan fingerprint density at radius 2 is 1.84 bits per heavy atom. The molecule has 0 saturated heterocycles. The summed E-state index contributed by atoms with van der Waals surface area (Å²) in [5.74, 6) is -0.681. The molecule has 2 aromatic rings. The van der Waals surface area contributed by atoms with Gasteiger partial charge in [-0.25, -0.2) is 0 Å². The van der Waals surface area contributed by atoms with Crippen LogP contribution in [0.3, 0.4) is 0 Å². The summed E-state index contributed by atoms with van der Waals surface area (Å²) >= 11 is 11.5. The molecule has 98 valence electrons. The van der Waals surface area contributed by atoms with Crippen molar-refractivity contribution >= 4 is 34.8 Å². The second-order valence-electron chi connectivity index (χ2n) is 3.68. The van der Waals surface area contributed by atoms with Gasteiger partial charge in [-0.1, -0.05) is 23.2 Å². The molecule has 0 aliphatic heterocycles. The van der Waals surface area contributed by atoms with Gasteiger partial charge < -0.3 is 15.4 Å². The van der Waals surface area contributed by atoms with Gasteiger partial charge in [0, 0.05) is 18.0 Å². The Labute approximate surface area is 117 Å². The number of phenolic OH excluding ortho intramolecular Hbond substituents is 1. The third-order valence-electron chi connectivity index (χ3n) is 2.32. The lowest BCUT2D eigenvalue weighted by atomic mass is 10.2. The summed E-state index contributed by atoms with van der Waals surface area (Å²) in [5.41, 5.74) is 0.316. The number of aromatic nitrogens is 1. The van der Waals surface area contributed by atoms with Gasteiger partial charge in [0.25, 0.3) is 5.91 Å². The maximum absolute atomic E-state index is 11.9. The van der Waals surface area contributed by atoms with Crippen molar-refractivity contribution in [2.75, 3.05) is 5.32 Å². The van der Waals surface area contributed by atoms with Crippen molar-refractivity contribution in [3.8, 4) is 5.75 Å². The average Bonchev–Trinajstić information content (AvgIpc) is 2.36. The summed E-state index contributed by atoms with van der Waals surface area (Å²) in [7, 11) is 0. The minimum absolute atomic E-state index is 0.0317. The number of amides is 1. The Hall–Kier alpha value is -1.98. The van der Waals surface area contributed by atoms with Gasteiger partial charge in [-0.3, -0.25) is 9.59 Å². The first kappa shape index (κ1) is 13.5. The molecule has 1 amide bonds. The molecule has 0 bridgehead atoms. The highest BCUT2D eigenvalue weighted by molar-refractivity contribution is 6.37. The minimum Gasteiger partial charge on any atom is -0.505 e. The molecule has 1 aromatic carbocycles. The van der Waals surface area contributed by atoms with E-state index >= 15 is 0 Å². The summed E-state index contributed by atoms with van der Waals surface area (Å²) in [4.78, 5) is 25.1. The number of carbonyl (C=O) groups is 1. The molecule has 5 nitrogen and oxygen atoms in total. The molecule has 1 aromatic heterocycles. The maximum Gasteiger partial charge on any atom is 0.257 e. The van der Waals surface area contributed by atoms with Crippen molar-refractivity contribution in [2.24, 2.45) is 0 Å². The van der Waals surface area contributed by atoms with Gasteiger partial charge in [-0.05, 0) is 18.2 Å². The van der Waals surface area contributed by atoms with Gasteiger partial charge >= 0.3 is 0 Å². The highest BCUT2D eigenvalue weighted by Crippen LogP contribution is 2.34. The van der Waals surface area contributed by atoms with Crippen molar-refractivity contribution in [3.63, 3.8) is 0 Å². The number of aromatic hydroxyl groups is 1. The van der Waals surface area contributed by atoms with E-state index in [0.29, 0.717) is 5.69 Å². The third kappa shape index (κ3) is 3.07. The Morgan fingerprint density at radius 3 is 2.37 bits per heavy atom. The van der Waals surface area contributed by atoms with Gasteiger partial charge in [-0.15, -0.1) is 0 Å². The summed E-state index contributed by atoms with van der Waals surface area (Å²) < 4.78 is 0. The van der Waals surface area contributed by atoms with E-state index in [9.17, 15) is 14.7 Å². The molecule has 0 fully saturated rings. The van der Waals surface area contributed by atoms with Crippen LogP contribution in [0.2, 0.25) is 10.0 Å². The fourth-order valence-corrected chi connectivity index (χ4v) is 1.88. The lowest BCUT2D eigenvalue weighted by molar-refractivity contribution is 0.102. The summed E-state index contributed by atoms with van der Waals surface area (Å²) in [6, 6.07) is 5.36. The topological polar surface area (TPSA) is 82.2 Å². The highest BCUT2D eigenvalue weighted by atomic mass is 35.5. The van der Waals surface area contributed by atoms with Crippen LogP contribution in [0, 0.1) is 0 Å². The first-order chi connectivity index (χ1) is 8.97. The largest absolute Gasteiger partial charge is 0.505 e. The molecule has 2 rings (SSSR count). The van der Waals surface area contributed by atoms with E-state index in [4.69, 9.17) is 23.2 Å². The van der Waals surface area contributed by atoms with E-state index in [1.54, 1.807) is 0 Å². The second-order valence-corrected chi connectivity index (χ2v) is 4.50. The van der Waals surface area contributed by atoms with Crippen LogP contribution in [0.5, 0.6) is 5.75 Å². The number of halogens is 2. The number of H-pyrrole nitrogens is 1. The van der Waals surface area contributed by atoms with Gasteiger partial charge in [0.05, 0.1) is 15.6 Å². The number of carbonyl (C=O) groups excluding carboxylic acids is 1. The number of anilines is 1. The number of rotatable bonds is 2. The zero-order chi connectivity index (χ0) is 14.0. The Kier molecular flexibility index (Phi) is 3.78. The van der Waals surface area contributed by atoms with Crippen LogP contribution in [-0.2, 0) is 0 Å². The van der Waals surface area contributed by atoms with Crippen molar-refractivity contribution in [1.82, 2.24) is 4.98 Å². The number of pyridine rings is 1. The average molecular weight is 299 g/mol. The molecule has 0 atom stereocenters. The predicted molar refractivity (Wildman–Crippen MR) is 73.1 cm³/mol. The van der Waals surface area contributed by atoms with Crippen molar-refractivity contribution in [2.45, 2.75) is 0 Å². The Balaban J connectivity index is 2.24. The molecule has 1 heterocycles. The Morgan fingerprint density at radius 1 is 1.21 bits per heavy atom. The number of phenols is 1. The van der Waals surface area contributed by atoms with Gasteiger partial charge in [0.2, 0.25) is 5.56 Å². The Bertz CT molecular complexity index is 654. The monoisotopic (exact) mass is 298 g/mol.